The van der Waals surface area contributed by atoms with Crippen LogP contribution in [0.4, 0.5) is 13.6 Å². The maximum Gasteiger partial charge on any atom is 0.406 e. The number of primary amides is 1. The fourth-order valence-electron chi connectivity index (χ4n) is 1.93. The SMILES string of the molecule is NC(=O)N1C(=[NH2+])COCC1c1cc(F)cc(F)c1. The van der Waals surface area contributed by atoms with Crippen LogP contribution in [-0.4, -0.2) is 30.0 Å². The summed E-state index contributed by atoms with van der Waals surface area (Å²) in [6.45, 7) is 0.129. The summed E-state index contributed by atoms with van der Waals surface area (Å²) in [5, 5.41) is 5.61. The lowest BCUT2D eigenvalue weighted by molar-refractivity contribution is -0.143. The summed E-state index contributed by atoms with van der Waals surface area (Å²) in [5.74, 6) is -1.36. The minimum absolute atomic E-state index is 0.0528. The number of amides is 2. The first kappa shape index (κ1) is 12.4. The molecule has 1 fully saturated rings. The van der Waals surface area contributed by atoms with Crippen molar-refractivity contribution >= 4 is 11.9 Å². The third-order valence-corrected chi connectivity index (χ3v) is 2.65. The summed E-state index contributed by atoms with van der Waals surface area (Å²) in [6, 6.07) is 1.47. The first-order valence-corrected chi connectivity index (χ1v) is 5.22. The largest absolute Gasteiger partial charge is 0.406 e. The molecule has 2 rings (SSSR count). The number of nitrogens with zero attached hydrogens (tertiary/aromatic N) is 1. The van der Waals surface area contributed by atoms with Crippen LogP contribution in [0.1, 0.15) is 11.6 Å². The lowest BCUT2D eigenvalue weighted by Gasteiger charge is -2.28. The number of urea groups is 1. The van der Waals surface area contributed by atoms with E-state index in [0.29, 0.717) is 0 Å². The predicted octanol–water partition coefficient (Wildman–Crippen LogP) is -0.426. The van der Waals surface area contributed by atoms with Crippen LogP contribution in [0, 0.1) is 11.6 Å². The van der Waals surface area contributed by atoms with Gasteiger partial charge in [-0.1, -0.05) is 0 Å². The molecule has 0 spiro atoms. The van der Waals surface area contributed by atoms with Gasteiger partial charge in [-0.05, 0) is 12.1 Å². The van der Waals surface area contributed by atoms with Gasteiger partial charge in [0.1, 0.15) is 18.2 Å². The van der Waals surface area contributed by atoms with Gasteiger partial charge in [0.25, 0.3) is 5.84 Å². The number of benzene rings is 1. The quantitative estimate of drug-likeness (QED) is 0.715. The summed E-state index contributed by atoms with van der Waals surface area (Å²) in [6.07, 6.45) is 0. The fraction of sp³-hybridized carbons (Fsp3) is 0.273. The van der Waals surface area contributed by atoms with Crippen LogP contribution in [-0.2, 0) is 4.74 Å². The highest BCUT2D eigenvalue weighted by atomic mass is 19.1. The molecule has 0 aromatic heterocycles. The van der Waals surface area contributed by atoms with E-state index in [1.54, 1.807) is 0 Å². The van der Waals surface area contributed by atoms with Gasteiger partial charge in [-0.3, -0.25) is 5.41 Å². The maximum absolute atomic E-state index is 13.2. The average molecular weight is 256 g/mol. The molecule has 18 heavy (non-hydrogen) atoms. The molecule has 7 heteroatoms. The standard InChI is InChI=1S/C11H11F2N3O2/c12-7-1-6(2-8(13)3-7)9-4-18-5-10(14)16(9)11(15)17/h1-3,9,14H,4-5H2,(H2,15,17)/p+1. The number of hydrogen-bond acceptors (Lipinski definition) is 2. The van der Waals surface area contributed by atoms with Gasteiger partial charge in [0.2, 0.25) is 0 Å². The van der Waals surface area contributed by atoms with Crippen molar-refractivity contribution in [3.05, 3.63) is 35.4 Å². The van der Waals surface area contributed by atoms with Crippen LogP contribution in [0.2, 0.25) is 0 Å². The van der Waals surface area contributed by atoms with Crippen molar-refractivity contribution in [1.29, 1.82) is 0 Å². The Labute approximate surface area is 102 Å². The molecule has 1 heterocycles. The van der Waals surface area contributed by atoms with E-state index >= 15 is 0 Å². The Morgan fingerprint density at radius 1 is 1.39 bits per heavy atom. The molecule has 1 aromatic carbocycles. The van der Waals surface area contributed by atoms with Crippen LogP contribution in [0.5, 0.6) is 0 Å². The molecule has 96 valence electrons. The van der Waals surface area contributed by atoms with Crippen LogP contribution in [0.25, 0.3) is 0 Å². The highest BCUT2D eigenvalue weighted by molar-refractivity contribution is 5.95. The number of nitrogens with two attached hydrogens (primary N) is 2. The van der Waals surface area contributed by atoms with Gasteiger partial charge >= 0.3 is 6.03 Å². The third-order valence-electron chi connectivity index (χ3n) is 2.65. The molecule has 0 bridgehead atoms. The Morgan fingerprint density at radius 3 is 2.56 bits per heavy atom. The van der Waals surface area contributed by atoms with Crippen molar-refractivity contribution in [2.24, 2.45) is 5.73 Å². The minimum atomic E-state index is -0.787. The molecule has 1 aliphatic heterocycles. The molecular formula is C11H12F2N3O2+. The molecule has 1 unspecified atom stereocenters. The van der Waals surface area contributed by atoms with Gasteiger partial charge in [0.15, 0.2) is 6.04 Å². The molecule has 5 nitrogen and oxygen atoms in total. The van der Waals surface area contributed by atoms with E-state index in [1.807, 2.05) is 0 Å². The van der Waals surface area contributed by atoms with Crippen LogP contribution in [0.3, 0.4) is 0 Å². The van der Waals surface area contributed by atoms with Crippen molar-refractivity contribution in [1.82, 2.24) is 4.90 Å². The Balaban J connectivity index is 2.40. The zero-order valence-electron chi connectivity index (χ0n) is 9.40. The number of amidine groups is 1. The summed E-state index contributed by atoms with van der Waals surface area (Å²) in [5.41, 5.74) is 5.45. The first-order chi connectivity index (χ1) is 8.49. The highest BCUT2D eigenvalue weighted by Gasteiger charge is 2.38. The lowest BCUT2D eigenvalue weighted by atomic mass is 10.0. The van der Waals surface area contributed by atoms with Gasteiger partial charge in [0, 0.05) is 11.6 Å². The van der Waals surface area contributed by atoms with Crippen molar-refractivity contribution in [3.8, 4) is 0 Å². The molecule has 1 aromatic rings. The number of carbonyl (C=O) groups is 1. The highest BCUT2D eigenvalue weighted by Crippen LogP contribution is 2.25. The van der Waals surface area contributed by atoms with Crippen molar-refractivity contribution in [3.63, 3.8) is 0 Å². The fourth-order valence-corrected chi connectivity index (χ4v) is 1.93. The van der Waals surface area contributed by atoms with Crippen LogP contribution in [0.15, 0.2) is 18.2 Å². The minimum Gasteiger partial charge on any atom is -0.364 e. The molecular weight excluding hydrogens is 244 g/mol. The molecule has 1 aliphatic rings. The molecule has 4 N–H and O–H groups in total. The monoisotopic (exact) mass is 256 g/mol. The third kappa shape index (κ3) is 2.30. The molecule has 0 saturated carbocycles. The van der Waals surface area contributed by atoms with E-state index in [0.717, 1.165) is 23.1 Å². The Kier molecular flexibility index (Phi) is 3.24. The Bertz CT molecular complexity index is 487. The smallest absolute Gasteiger partial charge is 0.364 e. The summed E-state index contributed by atoms with van der Waals surface area (Å²) >= 11 is 0. The predicted molar refractivity (Wildman–Crippen MR) is 58.3 cm³/mol. The van der Waals surface area contributed by atoms with E-state index < -0.39 is 23.7 Å². The Morgan fingerprint density at radius 2 is 2.00 bits per heavy atom. The summed E-state index contributed by atoms with van der Waals surface area (Å²) < 4.78 is 31.5. The van der Waals surface area contributed by atoms with Gasteiger partial charge in [0.05, 0.1) is 6.61 Å². The topological polar surface area (TPSA) is 81.2 Å². The first-order valence-electron chi connectivity index (χ1n) is 5.22. The second-order valence-corrected chi connectivity index (χ2v) is 3.93. The van der Waals surface area contributed by atoms with Crippen LogP contribution >= 0.6 is 0 Å². The van der Waals surface area contributed by atoms with Crippen molar-refractivity contribution in [2.75, 3.05) is 13.2 Å². The zero-order valence-corrected chi connectivity index (χ0v) is 9.40. The number of ether oxygens (including phenoxy) is 1. The summed E-state index contributed by atoms with van der Waals surface area (Å²) in [4.78, 5) is 12.4. The van der Waals surface area contributed by atoms with Crippen molar-refractivity contribution in [2.45, 2.75) is 6.04 Å². The number of morpholine rings is 1. The van der Waals surface area contributed by atoms with E-state index in [9.17, 15) is 13.6 Å². The van der Waals surface area contributed by atoms with E-state index in [-0.39, 0.29) is 24.6 Å². The summed E-state index contributed by atoms with van der Waals surface area (Å²) in [7, 11) is 0. The Hall–Kier alpha value is -2.02. The normalized spacial score (nSPS) is 20.0. The number of hydrogen-bond donors (Lipinski definition) is 2. The molecule has 0 aliphatic carbocycles. The number of rotatable bonds is 1. The van der Waals surface area contributed by atoms with Gasteiger partial charge in [-0.15, -0.1) is 0 Å². The molecule has 2 amide bonds. The second-order valence-electron chi connectivity index (χ2n) is 3.93. The average Bonchev–Trinajstić information content (AvgIpc) is 2.26. The maximum atomic E-state index is 13.2. The van der Waals surface area contributed by atoms with E-state index in [1.165, 1.54) is 0 Å². The van der Waals surface area contributed by atoms with Gasteiger partial charge < -0.3 is 10.5 Å². The second kappa shape index (κ2) is 4.69. The molecule has 1 atom stereocenters. The molecule has 0 radical (unpaired) electrons. The zero-order chi connectivity index (χ0) is 13.3. The molecule has 1 saturated heterocycles. The lowest BCUT2D eigenvalue weighted by Crippen LogP contribution is -2.61. The van der Waals surface area contributed by atoms with Crippen molar-refractivity contribution < 1.29 is 23.7 Å². The number of halogens is 2. The van der Waals surface area contributed by atoms with Crippen LogP contribution < -0.4 is 11.1 Å². The van der Waals surface area contributed by atoms with Gasteiger partial charge in [-0.2, -0.15) is 4.90 Å². The number of carbonyl (C=O) groups excluding carboxylic acids is 1. The van der Waals surface area contributed by atoms with E-state index in [4.69, 9.17) is 15.9 Å². The van der Waals surface area contributed by atoms with E-state index in [2.05, 4.69) is 0 Å². The van der Waals surface area contributed by atoms with Gasteiger partial charge in [-0.25, -0.2) is 13.6 Å².